The predicted octanol–water partition coefficient (Wildman–Crippen LogP) is 3.22. The van der Waals surface area contributed by atoms with Gasteiger partial charge in [-0.15, -0.1) is 24.0 Å². The fourth-order valence-electron chi connectivity index (χ4n) is 2.63. The first kappa shape index (κ1) is 24.0. The largest absolute Gasteiger partial charge is 0.396 e. The number of halogens is 1. The van der Waals surface area contributed by atoms with Crippen molar-refractivity contribution in [2.75, 3.05) is 38.7 Å². The van der Waals surface area contributed by atoms with E-state index in [-0.39, 0.29) is 30.6 Å². The van der Waals surface area contributed by atoms with Crippen LogP contribution in [-0.2, 0) is 6.54 Å². The standard InChI is InChI=1S/C19H34N4O.HI/c1-5-8-16(11-12-24)14-21-19(20-6-2)22-15-17-9-7-10-18(13-17)23(3)4;/h7,9-10,13,16,24H,5-6,8,11-12,14-15H2,1-4H3,(H2,20,21,22);1H. The van der Waals surface area contributed by atoms with Crippen molar-refractivity contribution in [1.82, 2.24) is 10.6 Å². The number of aliphatic hydroxyl groups excluding tert-OH is 1. The number of rotatable bonds is 10. The molecule has 1 aromatic rings. The zero-order valence-electron chi connectivity index (χ0n) is 16.1. The quantitative estimate of drug-likeness (QED) is 0.284. The Labute approximate surface area is 170 Å². The Morgan fingerprint density at radius 1 is 1.20 bits per heavy atom. The lowest BCUT2D eigenvalue weighted by Crippen LogP contribution is -2.40. The van der Waals surface area contributed by atoms with Gasteiger partial charge in [0, 0.05) is 39.5 Å². The molecular formula is C19H35IN4O. The number of anilines is 1. The van der Waals surface area contributed by atoms with Crippen LogP contribution < -0.4 is 15.5 Å². The molecule has 144 valence electrons. The van der Waals surface area contributed by atoms with Crippen LogP contribution >= 0.6 is 24.0 Å². The maximum Gasteiger partial charge on any atom is 0.191 e. The summed E-state index contributed by atoms with van der Waals surface area (Å²) in [5.74, 6) is 1.33. The number of aliphatic imine (C=N–C) groups is 1. The summed E-state index contributed by atoms with van der Waals surface area (Å²) >= 11 is 0. The molecule has 0 radical (unpaired) electrons. The van der Waals surface area contributed by atoms with Gasteiger partial charge < -0.3 is 20.6 Å². The lowest BCUT2D eigenvalue weighted by Gasteiger charge is -2.18. The number of nitrogens with one attached hydrogen (secondary N) is 2. The van der Waals surface area contributed by atoms with Gasteiger partial charge in [-0.3, -0.25) is 0 Å². The summed E-state index contributed by atoms with van der Waals surface area (Å²) in [5.41, 5.74) is 2.38. The number of benzene rings is 1. The van der Waals surface area contributed by atoms with Crippen molar-refractivity contribution in [2.45, 2.75) is 39.7 Å². The first-order valence-electron chi connectivity index (χ1n) is 9.00. The van der Waals surface area contributed by atoms with Crippen molar-refractivity contribution >= 4 is 35.6 Å². The highest BCUT2D eigenvalue weighted by atomic mass is 127. The molecule has 0 heterocycles. The second-order valence-corrected chi connectivity index (χ2v) is 6.31. The molecule has 0 aliphatic rings. The molecule has 0 amide bonds. The van der Waals surface area contributed by atoms with Crippen molar-refractivity contribution in [3.05, 3.63) is 29.8 Å². The molecule has 3 N–H and O–H groups in total. The molecule has 0 spiro atoms. The molecule has 6 heteroatoms. The summed E-state index contributed by atoms with van der Waals surface area (Å²) < 4.78 is 0. The van der Waals surface area contributed by atoms with Gasteiger partial charge in [0.1, 0.15) is 0 Å². The van der Waals surface area contributed by atoms with Crippen LogP contribution in [0.5, 0.6) is 0 Å². The Balaban J connectivity index is 0.00000576. The van der Waals surface area contributed by atoms with Gasteiger partial charge in [-0.2, -0.15) is 0 Å². The van der Waals surface area contributed by atoms with Gasteiger partial charge in [0.25, 0.3) is 0 Å². The highest BCUT2D eigenvalue weighted by molar-refractivity contribution is 14.0. The number of hydrogen-bond acceptors (Lipinski definition) is 3. The van der Waals surface area contributed by atoms with E-state index >= 15 is 0 Å². The average molecular weight is 462 g/mol. The van der Waals surface area contributed by atoms with Gasteiger partial charge in [-0.05, 0) is 43.4 Å². The zero-order valence-corrected chi connectivity index (χ0v) is 18.4. The summed E-state index contributed by atoms with van der Waals surface area (Å²) in [6.45, 7) is 6.83. The van der Waals surface area contributed by atoms with Crippen LogP contribution in [0.4, 0.5) is 5.69 Å². The van der Waals surface area contributed by atoms with Crippen LogP contribution in [0.2, 0.25) is 0 Å². The van der Waals surface area contributed by atoms with Crippen LogP contribution in [0.1, 0.15) is 38.7 Å². The van der Waals surface area contributed by atoms with E-state index in [0.717, 1.165) is 38.3 Å². The van der Waals surface area contributed by atoms with Gasteiger partial charge in [0.2, 0.25) is 0 Å². The molecule has 1 rings (SSSR count). The van der Waals surface area contributed by atoms with E-state index in [1.54, 1.807) is 0 Å². The van der Waals surface area contributed by atoms with Crippen molar-refractivity contribution < 1.29 is 5.11 Å². The van der Waals surface area contributed by atoms with Gasteiger partial charge >= 0.3 is 0 Å². The molecule has 0 bridgehead atoms. The van der Waals surface area contributed by atoms with Gasteiger partial charge in [0.15, 0.2) is 5.96 Å². The minimum absolute atomic E-state index is 0. The summed E-state index contributed by atoms with van der Waals surface area (Å²) in [5, 5.41) is 15.9. The Morgan fingerprint density at radius 2 is 1.96 bits per heavy atom. The molecule has 5 nitrogen and oxygen atoms in total. The first-order chi connectivity index (χ1) is 11.6. The number of guanidine groups is 1. The van der Waals surface area contributed by atoms with E-state index in [2.05, 4.69) is 58.6 Å². The number of hydrogen-bond donors (Lipinski definition) is 3. The SMILES string of the molecule is CCCC(CCO)CNC(=NCc1cccc(N(C)C)c1)NCC.I. The monoisotopic (exact) mass is 462 g/mol. The topological polar surface area (TPSA) is 59.9 Å². The minimum Gasteiger partial charge on any atom is -0.396 e. The molecule has 1 atom stereocenters. The molecule has 0 aliphatic heterocycles. The molecule has 0 aromatic heterocycles. The van der Waals surface area contributed by atoms with Crippen LogP contribution in [0.3, 0.4) is 0 Å². The molecule has 1 aromatic carbocycles. The Kier molecular flexibility index (Phi) is 13.6. The van der Waals surface area contributed by atoms with Crippen molar-refractivity contribution in [2.24, 2.45) is 10.9 Å². The molecule has 25 heavy (non-hydrogen) atoms. The summed E-state index contributed by atoms with van der Waals surface area (Å²) in [4.78, 5) is 6.79. The van der Waals surface area contributed by atoms with Crippen LogP contribution in [-0.4, -0.2) is 44.9 Å². The molecule has 0 saturated carbocycles. The number of aliphatic hydroxyl groups is 1. The number of nitrogens with zero attached hydrogens (tertiary/aromatic N) is 2. The second-order valence-electron chi connectivity index (χ2n) is 6.31. The van der Waals surface area contributed by atoms with Crippen molar-refractivity contribution in [1.29, 1.82) is 0 Å². The van der Waals surface area contributed by atoms with E-state index in [1.165, 1.54) is 11.3 Å². The van der Waals surface area contributed by atoms with E-state index in [0.29, 0.717) is 12.5 Å². The van der Waals surface area contributed by atoms with E-state index in [9.17, 15) is 5.11 Å². The van der Waals surface area contributed by atoms with Crippen molar-refractivity contribution in [3.8, 4) is 0 Å². The smallest absolute Gasteiger partial charge is 0.191 e. The molecule has 0 aliphatic carbocycles. The van der Waals surface area contributed by atoms with E-state index < -0.39 is 0 Å². The fraction of sp³-hybridized carbons (Fsp3) is 0.632. The lowest BCUT2D eigenvalue weighted by molar-refractivity contribution is 0.251. The Bertz CT molecular complexity index is 488. The van der Waals surface area contributed by atoms with Gasteiger partial charge in [0.05, 0.1) is 6.54 Å². The third-order valence-corrected chi connectivity index (χ3v) is 3.98. The Morgan fingerprint density at radius 3 is 2.56 bits per heavy atom. The predicted molar refractivity (Wildman–Crippen MR) is 119 cm³/mol. The normalized spacial score (nSPS) is 12.3. The second kappa shape index (κ2) is 14.2. The highest BCUT2D eigenvalue weighted by Crippen LogP contribution is 2.14. The van der Waals surface area contributed by atoms with Gasteiger partial charge in [-0.25, -0.2) is 4.99 Å². The van der Waals surface area contributed by atoms with Gasteiger partial charge in [-0.1, -0.05) is 25.5 Å². The summed E-state index contributed by atoms with van der Waals surface area (Å²) in [6, 6.07) is 8.43. The summed E-state index contributed by atoms with van der Waals surface area (Å²) in [7, 11) is 4.09. The zero-order chi connectivity index (χ0) is 17.8. The maximum atomic E-state index is 9.18. The minimum atomic E-state index is 0. The van der Waals surface area contributed by atoms with Crippen molar-refractivity contribution in [3.63, 3.8) is 0 Å². The van der Waals surface area contributed by atoms with Crippen LogP contribution in [0.15, 0.2) is 29.3 Å². The lowest BCUT2D eigenvalue weighted by atomic mass is 10.0. The van der Waals surface area contributed by atoms with E-state index in [4.69, 9.17) is 0 Å². The maximum absolute atomic E-state index is 9.18. The third-order valence-electron chi connectivity index (χ3n) is 3.98. The Hall–Kier alpha value is -1.02. The van der Waals surface area contributed by atoms with Crippen LogP contribution in [0, 0.1) is 5.92 Å². The van der Waals surface area contributed by atoms with E-state index in [1.807, 2.05) is 14.1 Å². The molecule has 0 fully saturated rings. The highest BCUT2D eigenvalue weighted by Gasteiger charge is 2.08. The first-order valence-corrected chi connectivity index (χ1v) is 9.00. The average Bonchev–Trinajstić information content (AvgIpc) is 2.57. The third kappa shape index (κ3) is 9.89. The molecular weight excluding hydrogens is 427 g/mol. The van der Waals surface area contributed by atoms with Crippen LogP contribution in [0.25, 0.3) is 0 Å². The molecule has 0 saturated heterocycles. The molecule has 1 unspecified atom stereocenters. The summed E-state index contributed by atoms with van der Waals surface area (Å²) in [6.07, 6.45) is 3.10. The fourth-order valence-corrected chi connectivity index (χ4v) is 2.63.